The summed E-state index contributed by atoms with van der Waals surface area (Å²) in [5.74, 6) is 0.367. The molecule has 0 bridgehead atoms. The molecule has 0 saturated heterocycles. The third-order valence-electron chi connectivity index (χ3n) is 3.74. The predicted octanol–water partition coefficient (Wildman–Crippen LogP) is 3.55. The van der Waals surface area contributed by atoms with Gasteiger partial charge in [0.05, 0.1) is 18.5 Å². The molecule has 6 heteroatoms. The van der Waals surface area contributed by atoms with E-state index in [1.54, 1.807) is 12.3 Å². The van der Waals surface area contributed by atoms with Crippen molar-refractivity contribution in [3.8, 4) is 17.0 Å². The molecule has 1 amide bonds. The van der Waals surface area contributed by atoms with Gasteiger partial charge in [0.1, 0.15) is 11.4 Å². The number of aromatic nitrogens is 2. The molecule has 2 N–H and O–H groups in total. The second kappa shape index (κ2) is 8.11. The van der Waals surface area contributed by atoms with Crippen LogP contribution >= 0.6 is 0 Å². The molecule has 0 atom stereocenters. The fourth-order valence-corrected chi connectivity index (χ4v) is 2.41. The lowest BCUT2D eigenvalue weighted by atomic mass is 10.1. The number of ether oxygens (including phenoxy) is 1. The molecule has 26 heavy (non-hydrogen) atoms. The van der Waals surface area contributed by atoms with Crippen LogP contribution in [0.25, 0.3) is 11.3 Å². The van der Waals surface area contributed by atoms with Crippen molar-refractivity contribution in [2.24, 2.45) is 5.10 Å². The van der Waals surface area contributed by atoms with Gasteiger partial charge in [-0.15, -0.1) is 0 Å². The molecule has 3 aromatic rings. The fraction of sp³-hybridized carbons (Fsp3) is 0.150. The van der Waals surface area contributed by atoms with Crippen LogP contribution in [0.2, 0.25) is 0 Å². The minimum atomic E-state index is -0.360. The van der Waals surface area contributed by atoms with Gasteiger partial charge in [0.2, 0.25) is 0 Å². The first kappa shape index (κ1) is 17.4. The summed E-state index contributed by atoms with van der Waals surface area (Å²) >= 11 is 0. The van der Waals surface area contributed by atoms with Gasteiger partial charge in [-0.05, 0) is 37.6 Å². The van der Waals surface area contributed by atoms with E-state index < -0.39 is 0 Å². The van der Waals surface area contributed by atoms with E-state index in [4.69, 9.17) is 4.74 Å². The number of hydrazone groups is 1. The zero-order chi connectivity index (χ0) is 18.4. The standard InChI is InChI=1S/C20H20N4O2/c1-3-26-19-7-5-4-6-16(19)17-12-18(23-22-17)20(25)24-21-13-15-10-8-14(2)9-11-15/h4-13H,3H2,1-2H3,(H,22,23)(H,24,25). The first-order chi connectivity index (χ1) is 12.7. The number of aromatic amines is 1. The molecule has 1 heterocycles. The van der Waals surface area contributed by atoms with Gasteiger partial charge in [0.15, 0.2) is 0 Å². The summed E-state index contributed by atoms with van der Waals surface area (Å²) < 4.78 is 5.61. The number of H-pyrrole nitrogens is 1. The smallest absolute Gasteiger partial charge is 0.289 e. The van der Waals surface area contributed by atoms with E-state index in [-0.39, 0.29) is 5.91 Å². The van der Waals surface area contributed by atoms with Crippen LogP contribution in [0.15, 0.2) is 59.7 Å². The number of nitrogens with one attached hydrogen (secondary N) is 2. The molecule has 0 saturated carbocycles. The predicted molar refractivity (Wildman–Crippen MR) is 101 cm³/mol. The van der Waals surface area contributed by atoms with E-state index in [9.17, 15) is 4.79 Å². The summed E-state index contributed by atoms with van der Waals surface area (Å²) in [7, 11) is 0. The van der Waals surface area contributed by atoms with Crippen molar-refractivity contribution in [1.29, 1.82) is 0 Å². The van der Waals surface area contributed by atoms with E-state index in [0.717, 1.165) is 16.9 Å². The number of benzene rings is 2. The highest BCUT2D eigenvalue weighted by Gasteiger charge is 2.13. The van der Waals surface area contributed by atoms with Crippen LogP contribution in [-0.2, 0) is 0 Å². The number of carbonyl (C=O) groups excluding carboxylic acids is 1. The highest BCUT2D eigenvalue weighted by atomic mass is 16.5. The van der Waals surface area contributed by atoms with Gasteiger partial charge in [-0.25, -0.2) is 5.43 Å². The monoisotopic (exact) mass is 348 g/mol. The van der Waals surface area contributed by atoms with Crippen LogP contribution in [0.3, 0.4) is 0 Å². The quantitative estimate of drug-likeness (QED) is 0.528. The molecular weight excluding hydrogens is 328 g/mol. The van der Waals surface area contributed by atoms with Crippen LogP contribution < -0.4 is 10.2 Å². The Bertz CT molecular complexity index is 914. The number of aryl methyl sites for hydroxylation is 1. The van der Waals surface area contributed by atoms with E-state index in [0.29, 0.717) is 18.0 Å². The highest BCUT2D eigenvalue weighted by molar-refractivity contribution is 5.94. The molecule has 0 aliphatic heterocycles. The Kier molecular flexibility index (Phi) is 5.43. The molecule has 0 fully saturated rings. The van der Waals surface area contributed by atoms with E-state index in [1.807, 2.05) is 62.4 Å². The highest BCUT2D eigenvalue weighted by Crippen LogP contribution is 2.28. The Morgan fingerprint density at radius 1 is 1.23 bits per heavy atom. The van der Waals surface area contributed by atoms with Crippen molar-refractivity contribution >= 4 is 12.1 Å². The van der Waals surface area contributed by atoms with Gasteiger partial charge in [-0.1, -0.05) is 42.0 Å². The SMILES string of the molecule is CCOc1ccccc1-c1cc(C(=O)NN=Cc2ccc(C)cc2)[nH]n1. The van der Waals surface area contributed by atoms with E-state index in [2.05, 4.69) is 20.7 Å². The number of rotatable bonds is 6. The Morgan fingerprint density at radius 2 is 2.00 bits per heavy atom. The average molecular weight is 348 g/mol. The van der Waals surface area contributed by atoms with Gasteiger partial charge >= 0.3 is 0 Å². The van der Waals surface area contributed by atoms with Crippen molar-refractivity contribution in [3.63, 3.8) is 0 Å². The number of para-hydroxylation sites is 1. The lowest BCUT2D eigenvalue weighted by Gasteiger charge is -2.07. The van der Waals surface area contributed by atoms with Crippen molar-refractivity contribution in [1.82, 2.24) is 15.6 Å². The molecule has 0 radical (unpaired) electrons. The summed E-state index contributed by atoms with van der Waals surface area (Å²) in [5, 5.41) is 10.9. The summed E-state index contributed by atoms with van der Waals surface area (Å²) in [6.07, 6.45) is 1.60. The molecule has 3 rings (SSSR count). The van der Waals surface area contributed by atoms with Gasteiger partial charge < -0.3 is 4.74 Å². The molecule has 2 aromatic carbocycles. The van der Waals surface area contributed by atoms with E-state index in [1.165, 1.54) is 5.56 Å². The zero-order valence-electron chi connectivity index (χ0n) is 14.7. The minimum Gasteiger partial charge on any atom is -0.493 e. The molecule has 0 aliphatic rings. The largest absolute Gasteiger partial charge is 0.493 e. The molecule has 0 unspecified atom stereocenters. The summed E-state index contributed by atoms with van der Waals surface area (Å²) in [6, 6.07) is 17.1. The van der Waals surface area contributed by atoms with Crippen LogP contribution in [-0.4, -0.2) is 28.9 Å². The number of carbonyl (C=O) groups is 1. The summed E-state index contributed by atoms with van der Waals surface area (Å²) in [4.78, 5) is 12.2. The second-order valence-electron chi connectivity index (χ2n) is 5.71. The third kappa shape index (κ3) is 4.16. The maximum Gasteiger partial charge on any atom is 0.289 e. The van der Waals surface area contributed by atoms with Crippen LogP contribution in [0, 0.1) is 6.92 Å². The van der Waals surface area contributed by atoms with Gasteiger partial charge in [0.25, 0.3) is 5.91 Å². The molecule has 132 valence electrons. The van der Waals surface area contributed by atoms with Crippen molar-refractivity contribution in [2.75, 3.05) is 6.61 Å². The van der Waals surface area contributed by atoms with Crippen LogP contribution in [0.4, 0.5) is 0 Å². The Hall–Kier alpha value is -3.41. The maximum atomic E-state index is 12.2. The minimum absolute atomic E-state index is 0.326. The molecule has 0 spiro atoms. The maximum absolute atomic E-state index is 12.2. The summed E-state index contributed by atoms with van der Waals surface area (Å²) in [5.41, 5.74) is 6.37. The van der Waals surface area contributed by atoms with Gasteiger partial charge in [-0.2, -0.15) is 10.2 Å². The van der Waals surface area contributed by atoms with Crippen LogP contribution in [0.5, 0.6) is 5.75 Å². The van der Waals surface area contributed by atoms with Gasteiger partial charge in [0, 0.05) is 5.56 Å². The summed E-state index contributed by atoms with van der Waals surface area (Å²) in [6.45, 7) is 4.50. The van der Waals surface area contributed by atoms with Crippen molar-refractivity contribution < 1.29 is 9.53 Å². The second-order valence-corrected chi connectivity index (χ2v) is 5.71. The van der Waals surface area contributed by atoms with Crippen molar-refractivity contribution in [3.05, 3.63) is 71.4 Å². The number of hydrogen-bond donors (Lipinski definition) is 2. The molecule has 0 aliphatic carbocycles. The normalized spacial score (nSPS) is 10.8. The molecular formula is C20H20N4O2. The molecule has 1 aromatic heterocycles. The number of nitrogens with zero attached hydrogens (tertiary/aromatic N) is 2. The van der Waals surface area contributed by atoms with Crippen molar-refractivity contribution in [2.45, 2.75) is 13.8 Å². The Labute approximate surface area is 151 Å². The lowest BCUT2D eigenvalue weighted by Crippen LogP contribution is -2.17. The Balaban J connectivity index is 1.69. The fourth-order valence-electron chi connectivity index (χ4n) is 2.41. The molecule has 6 nitrogen and oxygen atoms in total. The Morgan fingerprint density at radius 3 is 2.77 bits per heavy atom. The van der Waals surface area contributed by atoms with Crippen LogP contribution in [0.1, 0.15) is 28.5 Å². The first-order valence-electron chi connectivity index (χ1n) is 8.35. The number of amides is 1. The number of hydrogen-bond acceptors (Lipinski definition) is 4. The van der Waals surface area contributed by atoms with E-state index >= 15 is 0 Å². The zero-order valence-corrected chi connectivity index (χ0v) is 14.7. The topological polar surface area (TPSA) is 79.4 Å². The average Bonchev–Trinajstić information content (AvgIpc) is 3.14. The lowest BCUT2D eigenvalue weighted by molar-refractivity contribution is 0.0950. The third-order valence-corrected chi connectivity index (χ3v) is 3.74. The van der Waals surface area contributed by atoms with Gasteiger partial charge in [-0.3, -0.25) is 9.89 Å². The first-order valence-corrected chi connectivity index (χ1v) is 8.35.